The minimum atomic E-state index is -0.384. The number of amides is 1. The molecule has 3 rings (SSSR count). The molecule has 1 amide bonds. The quantitative estimate of drug-likeness (QED) is 0.284. The van der Waals surface area contributed by atoms with Crippen LogP contribution in [-0.4, -0.2) is 25.8 Å². The highest BCUT2D eigenvalue weighted by Gasteiger charge is 2.10. The van der Waals surface area contributed by atoms with Crippen LogP contribution in [0.25, 0.3) is 0 Å². The molecular weight excluding hydrogens is 411 g/mol. The van der Waals surface area contributed by atoms with Crippen molar-refractivity contribution in [3.8, 4) is 17.2 Å². The molecule has 0 aliphatic carbocycles. The zero-order valence-corrected chi connectivity index (χ0v) is 17.6. The molecule has 0 fully saturated rings. The van der Waals surface area contributed by atoms with E-state index in [1.54, 1.807) is 60.7 Å². The average Bonchev–Trinajstić information content (AvgIpc) is 2.82. The average molecular weight is 434 g/mol. The number of nitrogens with zero attached hydrogens (tertiary/aromatic N) is 1. The Morgan fingerprint density at radius 2 is 1.88 bits per heavy atom. The molecule has 0 atom stereocenters. The third-order valence-corrected chi connectivity index (χ3v) is 4.34. The third-order valence-electron chi connectivity index (χ3n) is 4.34. The maximum Gasteiger partial charge on any atom is 0.271 e. The lowest BCUT2D eigenvalue weighted by Gasteiger charge is -2.10. The van der Waals surface area contributed by atoms with Gasteiger partial charge >= 0.3 is 0 Å². The molecule has 6 nitrogen and oxygen atoms in total. The first-order valence-electron chi connectivity index (χ1n) is 9.81. The zero-order chi connectivity index (χ0) is 22.8. The van der Waals surface area contributed by atoms with E-state index in [4.69, 9.17) is 14.2 Å². The summed E-state index contributed by atoms with van der Waals surface area (Å²) < 4.78 is 29.6. The maximum atomic E-state index is 13.2. The first kappa shape index (κ1) is 22.6. The normalized spacial score (nSPS) is 10.6. The van der Waals surface area contributed by atoms with E-state index >= 15 is 0 Å². The molecule has 0 aromatic heterocycles. The van der Waals surface area contributed by atoms with Crippen LogP contribution in [0.4, 0.5) is 4.39 Å². The summed E-state index contributed by atoms with van der Waals surface area (Å²) in [6, 6.07) is 18.3. The number of hydrazone groups is 1. The number of hydrogen-bond acceptors (Lipinski definition) is 5. The predicted molar refractivity (Wildman–Crippen MR) is 121 cm³/mol. The summed E-state index contributed by atoms with van der Waals surface area (Å²) in [4.78, 5) is 12.3. The van der Waals surface area contributed by atoms with Crippen LogP contribution in [0.1, 0.15) is 21.5 Å². The van der Waals surface area contributed by atoms with Gasteiger partial charge in [0.25, 0.3) is 5.91 Å². The molecule has 164 valence electrons. The van der Waals surface area contributed by atoms with E-state index in [9.17, 15) is 9.18 Å². The van der Waals surface area contributed by atoms with E-state index in [0.29, 0.717) is 29.4 Å². The Hall–Kier alpha value is -4.13. The monoisotopic (exact) mass is 434 g/mol. The summed E-state index contributed by atoms with van der Waals surface area (Å²) in [6.07, 6.45) is 3.14. The van der Waals surface area contributed by atoms with Crippen LogP contribution in [0, 0.1) is 5.82 Å². The van der Waals surface area contributed by atoms with Crippen molar-refractivity contribution in [2.24, 2.45) is 5.10 Å². The SMILES string of the molecule is C=CCOc1ccc(C(=O)N/N=C/c2ccc(OCc3cccc(F)c3)cc2)cc1OC. The van der Waals surface area contributed by atoms with Crippen LogP contribution in [0.5, 0.6) is 17.2 Å². The highest BCUT2D eigenvalue weighted by atomic mass is 19.1. The number of carbonyl (C=O) groups is 1. The smallest absolute Gasteiger partial charge is 0.271 e. The Morgan fingerprint density at radius 3 is 2.59 bits per heavy atom. The Balaban J connectivity index is 1.54. The lowest BCUT2D eigenvalue weighted by molar-refractivity contribution is 0.0954. The van der Waals surface area contributed by atoms with Crippen molar-refractivity contribution in [2.45, 2.75) is 6.61 Å². The van der Waals surface area contributed by atoms with Crippen LogP contribution in [0.2, 0.25) is 0 Å². The molecule has 32 heavy (non-hydrogen) atoms. The molecule has 3 aromatic carbocycles. The minimum absolute atomic E-state index is 0.266. The number of carbonyl (C=O) groups excluding carboxylic acids is 1. The second-order valence-electron chi connectivity index (χ2n) is 6.65. The van der Waals surface area contributed by atoms with Crippen molar-refractivity contribution >= 4 is 12.1 Å². The molecule has 0 aliphatic heterocycles. The Kier molecular flexibility index (Phi) is 7.97. The van der Waals surface area contributed by atoms with E-state index < -0.39 is 0 Å². The van der Waals surface area contributed by atoms with Crippen LogP contribution >= 0.6 is 0 Å². The van der Waals surface area contributed by atoms with Crippen molar-refractivity contribution in [2.75, 3.05) is 13.7 Å². The first-order chi connectivity index (χ1) is 15.6. The highest BCUT2D eigenvalue weighted by Crippen LogP contribution is 2.28. The number of ether oxygens (including phenoxy) is 3. The van der Waals surface area contributed by atoms with Crippen molar-refractivity contribution in [3.63, 3.8) is 0 Å². The number of halogens is 1. The molecule has 0 unspecified atom stereocenters. The fraction of sp³-hybridized carbons (Fsp3) is 0.120. The van der Waals surface area contributed by atoms with Gasteiger partial charge in [-0.2, -0.15) is 5.10 Å². The molecule has 0 saturated carbocycles. The summed E-state index contributed by atoms with van der Waals surface area (Å²) in [5.41, 5.74) is 4.38. The zero-order valence-electron chi connectivity index (χ0n) is 17.6. The summed E-state index contributed by atoms with van der Waals surface area (Å²) in [5, 5.41) is 3.99. The van der Waals surface area contributed by atoms with Crippen LogP contribution < -0.4 is 19.6 Å². The molecule has 3 aromatic rings. The number of rotatable bonds is 10. The van der Waals surface area contributed by atoms with Gasteiger partial charge in [-0.15, -0.1) is 0 Å². The first-order valence-corrected chi connectivity index (χ1v) is 9.81. The topological polar surface area (TPSA) is 69.2 Å². The fourth-order valence-corrected chi connectivity index (χ4v) is 2.75. The largest absolute Gasteiger partial charge is 0.493 e. The Bertz CT molecular complexity index is 1100. The van der Waals surface area contributed by atoms with Crippen LogP contribution in [-0.2, 0) is 6.61 Å². The summed E-state index contributed by atoms with van der Waals surface area (Å²) in [7, 11) is 1.50. The van der Waals surface area contributed by atoms with Crippen molar-refractivity contribution in [1.29, 1.82) is 0 Å². The van der Waals surface area contributed by atoms with Gasteiger partial charge in [0.2, 0.25) is 0 Å². The van der Waals surface area contributed by atoms with Crippen molar-refractivity contribution in [1.82, 2.24) is 5.43 Å². The fourth-order valence-electron chi connectivity index (χ4n) is 2.75. The second kappa shape index (κ2) is 11.3. The van der Waals surface area contributed by atoms with E-state index in [2.05, 4.69) is 17.1 Å². The highest BCUT2D eigenvalue weighted by molar-refractivity contribution is 5.95. The van der Waals surface area contributed by atoms with Crippen LogP contribution in [0.3, 0.4) is 0 Å². The number of benzene rings is 3. The minimum Gasteiger partial charge on any atom is -0.493 e. The molecule has 0 saturated heterocycles. The number of methoxy groups -OCH3 is 1. The lowest BCUT2D eigenvalue weighted by atomic mass is 10.2. The van der Waals surface area contributed by atoms with Gasteiger partial charge in [0, 0.05) is 5.56 Å². The van der Waals surface area contributed by atoms with Gasteiger partial charge in [0.05, 0.1) is 13.3 Å². The Labute approximate surface area is 185 Å². The molecule has 1 N–H and O–H groups in total. The van der Waals surface area contributed by atoms with Crippen LogP contribution in [0.15, 0.2) is 84.5 Å². The van der Waals surface area contributed by atoms with Gasteiger partial charge < -0.3 is 14.2 Å². The van der Waals surface area contributed by atoms with Gasteiger partial charge in [0.1, 0.15) is 24.8 Å². The van der Waals surface area contributed by atoms with Gasteiger partial charge in [-0.3, -0.25) is 4.79 Å². The maximum absolute atomic E-state index is 13.2. The van der Waals surface area contributed by atoms with Gasteiger partial charge in [-0.1, -0.05) is 24.8 Å². The molecule has 7 heteroatoms. The molecule has 0 bridgehead atoms. The van der Waals surface area contributed by atoms with E-state index in [1.807, 2.05) is 0 Å². The molecule has 0 heterocycles. The van der Waals surface area contributed by atoms with Gasteiger partial charge in [-0.05, 0) is 65.7 Å². The van der Waals surface area contributed by atoms with Crippen molar-refractivity contribution in [3.05, 3.63) is 102 Å². The van der Waals surface area contributed by atoms with E-state index in [1.165, 1.54) is 25.5 Å². The number of nitrogens with one attached hydrogen (secondary N) is 1. The molecular formula is C25H23FN2O4. The van der Waals surface area contributed by atoms with E-state index in [-0.39, 0.29) is 18.3 Å². The molecule has 0 spiro atoms. The summed E-state index contributed by atoms with van der Waals surface area (Å²) >= 11 is 0. The molecule has 0 radical (unpaired) electrons. The van der Waals surface area contributed by atoms with E-state index in [0.717, 1.165) is 11.1 Å². The second-order valence-corrected chi connectivity index (χ2v) is 6.65. The summed E-state index contributed by atoms with van der Waals surface area (Å²) in [5.74, 6) is 0.922. The van der Waals surface area contributed by atoms with Gasteiger partial charge in [-0.25, -0.2) is 9.82 Å². The van der Waals surface area contributed by atoms with Gasteiger partial charge in [0.15, 0.2) is 11.5 Å². The molecule has 0 aliphatic rings. The Morgan fingerprint density at radius 1 is 1.06 bits per heavy atom. The summed E-state index contributed by atoms with van der Waals surface area (Å²) in [6.45, 7) is 4.20. The standard InChI is InChI=1S/C25H23FN2O4/c1-3-13-31-23-12-9-20(15-24(23)30-2)25(29)28-27-16-18-7-10-22(11-8-18)32-17-19-5-4-6-21(26)14-19/h3-12,14-16H,1,13,17H2,2H3,(H,28,29)/b27-16+. The third kappa shape index (κ3) is 6.43. The lowest BCUT2D eigenvalue weighted by Crippen LogP contribution is -2.17. The predicted octanol–water partition coefficient (Wildman–Crippen LogP) is 4.74. The van der Waals surface area contributed by atoms with Crippen molar-refractivity contribution < 1.29 is 23.4 Å². The number of hydrogen-bond donors (Lipinski definition) is 1.